The molecule has 20 heavy (non-hydrogen) atoms. The highest BCUT2D eigenvalue weighted by Gasteiger charge is 2.20. The summed E-state index contributed by atoms with van der Waals surface area (Å²) >= 11 is 9.66. The van der Waals surface area contributed by atoms with Gasteiger partial charge in [0.25, 0.3) is 0 Å². The molecular weight excluding hydrogens is 342 g/mol. The Morgan fingerprint density at radius 3 is 2.95 bits per heavy atom. The first kappa shape index (κ1) is 15.5. The van der Waals surface area contributed by atoms with Crippen LogP contribution in [0.2, 0.25) is 5.02 Å². The number of ether oxygens (including phenoxy) is 1. The van der Waals surface area contributed by atoms with Crippen LogP contribution in [0.3, 0.4) is 0 Å². The largest absolute Gasteiger partial charge is 0.383 e. The normalized spacial score (nSPS) is 12.6. The second-order valence-electron chi connectivity index (χ2n) is 4.37. The molecule has 0 fully saturated rings. The Labute approximate surface area is 132 Å². The monoisotopic (exact) mass is 357 g/mol. The fraction of sp³-hybridized carbons (Fsp3) is 0.357. The minimum atomic E-state index is 0.0161. The maximum Gasteiger partial charge on any atom is 0.0757 e. The van der Waals surface area contributed by atoms with E-state index in [1.807, 2.05) is 36.0 Å². The first-order chi connectivity index (χ1) is 9.67. The van der Waals surface area contributed by atoms with Gasteiger partial charge in [0, 0.05) is 12.1 Å². The Balaban J connectivity index is 2.38. The molecule has 0 aliphatic carbocycles. The molecule has 0 saturated carbocycles. The summed E-state index contributed by atoms with van der Waals surface area (Å²) in [5.74, 6) is 0. The lowest BCUT2D eigenvalue weighted by Gasteiger charge is -2.19. The van der Waals surface area contributed by atoms with E-state index in [0.717, 1.165) is 20.8 Å². The molecule has 0 spiro atoms. The number of benzene rings is 1. The topological polar surface area (TPSA) is 39.1 Å². The number of nitrogens with one attached hydrogen (secondary N) is 1. The number of rotatable bonds is 6. The van der Waals surface area contributed by atoms with Crippen LogP contribution in [0.15, 0.2) is 34.9 Å². The van der Waals surface area contributed by atoms with E-state index in [0.29, 0.717) is 13.2 Å². The van der Waals surface area contributed by atoms with Crippen molar-refractivity contribution in [2.24, 2.45) is 0 Å². The molecule has 1 atom stereocenters. The lowest BCUT2D eigenvalue weighted by Crippen LogP contribution is -2.23. The highest BCUT2D eigenvalue weighted by Crippen LogP contribution is 2.29. The fourth-order valence-corrected chi connectivity index (χ4v) is 2.89. The molecule has 0 aliphatic heterocycles. The van der Waals surface area contributed by atoms with Crippen LogP contribution in [0.4, 0.5) is 0 Å². The molecule has 4 nitrogen and oxygen atoms in total. The van der Waals surface area contributed by atoms with E-state index in [9.17, 15) is 0 Å². The predicted molar refractivity (Wildman–Crippen MR) is 84.2 cm³/mol. The van der Waals surface area contributed by atoms with Crippen molar-refractivity contribution in [3.05, 3.63) is 51.2 Å². The van der Waals surface area contributed by atoms with E-state index >= 15 is 0 Å². The number of methoxy groups -OCH3 is 1. The van der Waals surface area contributed by atoms with Crippen molar-refractivity contribution in [3.63, 3.8) is 0 Å². The van der Waals surface area contributed by atoms with Gasteiger partial charge in [-0.2, -0.15) is 5.10 Å². The van der Waals surface area contributed by atoms with E-state index in [-0.39, 0.29) is 6.04 Å². The van der Waals surface area contributed by atoms with Crippen LogP contribution >= 0.6 is 27.5 Å². The summed E-state index contributed by atoms with van der Waals surface area (Å²) in [5, 5.41) is 8.43. The molecule has 6 heteroatoms. The zero-order valence-electron chi connectivity index (χ0n) is 11.4. The highest BCUT2D eigenvalue weighted by molar-refractivity contribution is 9.10. The Hall–Kier alpha value is -0.880. The molecule has 0 aliphatic rings. The third-order valence-corrected chi connectivity index (χ3v) is 3.93. The summed E-state index contributed by atoms with van der Waals surface area (Å²) < 4.78 is 8.04. The van der Waals surface area contributed by atoms with Crippen molar-refractivity contribution in [2.45, 2.75) is 12.6 Å². The lowest BCUT2D eigenvalue weighted by molar-refractivity contribution is 0.182. The Morgan fingerprint density at radius 2 is 2.30 bits per heavy atom. The molecule has 0 amide bonds. The number of hydrogen-bond donors (Lipinski definition) is 1. The first-order valence-corrected chi connectivity index (χ1v) is 7.47. The van der Waals surface area contributed by atoms with Crippen molar-refractivity contribution < 1.29 is 4.74 Å². The third-order valence-electron chi connectivity index (χ3n) is 3.08. The molecular formula is C14H17BrClN3O. The summed E-state index contributed by atoms with van der Waals surface area (Å²) in [4.78, 5) is 0. The average Bonchev–Trinajstić information content (AvgIpc) is 2.79. The van der Waals surface area contributed by atoms with Gasteiger partial charge in [0.1, 0.15) is 0 Å². The lowest BCUT2D eigenvalue weighted by atomic mass is 10.0. The van der Waals surface area contributed by atoms with Crippen molar-refractivity contribution in [2.75, 3.05) is 20.8 Å². The van der Waals surface area contributed by atoms with Gasteiger partial charge in [-0.25, -0.2) is 0 Å². The number of hydrogen-bond acceptors (Lipinski definition) is 3. The van der Waals surface area contributed by atoms with Crippen molar-refractivity contribution >= 4 is 27.5 Å². The smallest absolute Gasteiger partial charge is 0.0757 e. The van der Waals surface area contributed by atoms with Gasteiger partial charge in [-0.3, -0.25) is 4.68 Å². The number of halogens is 2. The Kier molecular flexibility index (Phi) is 5.60. The van der Waals surface area contributed by atoms with Crippen LogP contribution in [0.5, 0.6) is 0 Å². The number of nitrogens with zero attached hydrogens (tertiary/aromatic N) is 2. The van der Waals surface area contributed by atoms with E-state index < -0.39 is 0 Å². The molecule has 108 valence electrons. The van der Waals surface area contributed by atoms with Gasteiger partial charge in [-0.1, -0.05) is 23.7 Å². The molecule has 0 radical (unpaired) electrons. The number of aromatic nitrogens is 2. The summed E-state index contributed by atoms with van der Waals surface area (Å²) in [6, 6.07) is 7.85. The maximum atomic E-state index is 6.09. The second-order valence-corrected chi connectivity index (χ2v) is 5.66. The van der Waals surface area contributed by atoms with Crippen LogP contribution < -0.4 is 5.32 Å². The summed E-state index contributed by atoms with van der Waals surface area (Å²) in [6.45, 7) is 1.32. The quantitative estimate of drug-likeness (QED) is 0.861. The molecule has 1 heterocycles. The van der Waals surface area contributed by atoms with Crippen molar-refractivity contribution in [1.82, 2.24) is 15.1 Å². The van der Waals surface area contributed by atoms with Gasteiger partial charge < -0.3 is 10.1 Å². The van der Waals surface area contributed by atoms with Gasteiger partial charge in [0.15, 0.2) is 0 Å². The molecule has 1 aromatic heterocycles. The molecule has 1 aromatic carbocycles. The van der Waals surface area contributed by atoms with Crippen LogP contribution in [0.25, 0.3) is 0 Å². The van der Waals surface area contributed by atoms with Crippen LogP contribution in [-0.4, -0.2) is 30.5 Å². The Bertz CT molecular complexity index is 573. The fourth-order valence-electron chi connectivity index (χ4n) is 2.16. The van der Waals surface area contributed by atoms with Gasteiger partial charge in [0.05, 0.1) is 35.6 Å². The van der Waals surface area contributed by atoms with Crippen molar-refractivity contribution in [1.29, 1.82) is 0 Å². The minimum Gasteiger partial charge on any atom is -0.383 e. The minimum absolute atomic E-state index is 0.0161. The van der Waals surface area contributed by atoms with E-state index in [4.69, 9.17) is 16.3 Å². The molecule has 1 unspecified atom stereocenters. The molecule has 0 bridgehead atoms. The standard InChI is InChI=1S/C14H17BrClN3O/c1-17-13(10-4-3-5-11(16)8-10)14-12(15)9-18-19(14)6-7-20-2/h3-5,8-9,13,17H,6-7H2,1-2H3. The van der Waals surface area contributed by atoms with Gasteiger partial charge in [-0.15, -0.1) is 0 Å². The molecule has 1 N–H and O–H groups in total. The van der Waals surface area contributed by atoms with Gasteiger partial charge in [-0.05, 0) is 40.7 Å². The van der Waals surface area contributed by atoms with E-state index in [2.05, 4.69) is 26.3 Å². The zero-order chi connectivity index (χ0) is 14.5. The third kappa shape index (κ3) is 3.41. The van der Waals surface area contributed by atoms with Crippen LogP contribution in [-0.2, 0) is 11.3 Å². The van der Waals surface area contributed by atoms with E-state index in [1.165, 1.54) is 0 Å². The van der Waals surface area contributed by atoms with Crippen molar-refractivity contribution in [3.8, 4) is 0 Å². The molecule has 0 saturated heterocycles. The maximum absolute atomic E-state index is 6.09. The van der Waals surface area contributed by atoms with Gasteiger partial charge in [0.2, 0.25) is 0 Å². The molecule has 2 rings (SSSR count). The predicted octanol–water partition coefficient (Wildman–Crippen LogP) is 3.25. The first-order valence-electron chi connectivity index (χ1n) is 6.30. The van der Waals surface area contributed by atoms with Gasteiger partial charge >= 0.3 is 0 Å². The Morgan fingerprint density at radius 1 is 1.50 bits per heavy atom. The zero-order valence-corrected chi connectivity index (χ0v) is 13.8. The highest BCUT2D eigenvalue weighted by atomic mass is 79.9. The summed E-state index contributed by atoms with van der Waals surface area (Å²) in [5.41, 5.74) is 2.16. The van der Waals surface area contributed by atoms with Crippen LogP contribution in [0, 0.1) is 0 Å². The summed E-state index contributed by atoms with van der Waals surface area (Å²) in [6.07, 6.45) is 1.81. The van der Waals surface area contributed by atoms with E-state index in [1.54, 1.807) is 13.3 Å². The summed E-state index contributed by atoms with van der Waals surface area (Å²) in [7, 11) is 3.61. The van der Waals surface area contributed by atoms with Crippen LogP contribution in [0.1, 0.15) is 17.3 Å². The molecule has 2 aromatic rings. The second kappa shape index (κ2) is 7.22. The SMILES string of the molecule is CNC(c1cccc(Cl)c1)c1c(Br)cnn1CCOC. The average molecular weight is 359 g/mol.